The minimum Gasteiger partial charge on any atom is -0.467 e. The first-order valence-electron chi connectivity index (χ1n) is 9.07. The molecule has 0 aromatic heterocycles. The Morgan fingerprint density at radius 1 is 1.28 bits per heavy atom. The number of aryl methyl sites for hydroxylation is 2. The third-order valence-electron chi connectivity index (χ3n) is 5.16. The number of nitrogens with zero attached hydrogens (tertiary/aromatic N) is 2. The first-order valence-corrected chi connectivity index (χ1v) is 9.07. The maximum absolute atomic E-state index is 13.2. The van der Waals surface area contributed by atoms with Crippen molar-refractivity contribution in [1.29, 1.82) is 0 Å². The minimum atomic E-state index is -0.655. The Bertz CT molecular complexity index is 609. The summed E-state index contributed by atoms with van der Waals surface area (Å²) in [6, 6.07) is 5.64. The van der Waals surface area contributed by atoms with Gasteiger partial charge in [0.2, 0.25) is 5.91 Å². The van der Waals surface area contributed by atoms with Crippen LogP contribution in [0.4, 0.5) is 5.69 Å². The van der Waals surface area contributed by atoms with Crippen LogP contribution in [0.25, 0.3) is 0 Å². The molecule has 5 heteroatoms. The van der Waals surface area contributed by atoms with E-state index in [1.807, 2.05) is 32.0 Å². The number of ether oxygens (including phenoxy) is 1. The second-order valence-electron chi connectivity index (χ2n) is 7.02. The predicted molar refractivity (Wildman–Crippen MR) is 99.8 cm³/mol. The van der Waals surface area contributed by atoms with Crippen LogP contribution in [0.3, 0.4) is 0 Å². The summed E-state index contributed by atoms with van der Waals surface area (Å²) >= 11 is 0. The van der Waals surface area contributed by atoms with Gasteiger partial charge in [-0.3, -0.25) is 14.6 Å². The largest absolute Gasteiger partial charge is 0.467 e. The van der Waals surface area contributed by atoms with Crippen LogP contribution in [0.15, 0.2) is 18.2 Å². The number of piperidine rings is 1. The van der Waals surface area contributed by atoms with Gasteiger partial charge in [-0.25, -0.2) is 4.79 Å². The lowest BCUT2D eigenvalue weighted by molar-refractivity contribution is -0.143. The Kier molecular flexibility index (Phi) is 6.59. The molecule has 1 fully saturated rings. The highest BCUT2D eigenvalue weighted by Crippen LogP contribution is 2.28. The second kappa shape index (κ2) is 8.48. The van der Waals surface area contributed by atoms with Crippen LogP contribution in [0.5, 0.6) is 0 Å². The molecule has 1 saturated heterocycles. The first-order chi connectivity index (χ1) is 11.9. The second-order valence-corrected chi connectivity index (χ2v) is 7.02. The van der Waals surface area contributed by atoms with E-state index in [9.17, 15) is 9.59 Å². The molecule has 2 atom stereocenters. The molecule has 1 aliphatic rings. The minimum absolute atomic E-state index is 0.0518. The summed E-state index contributed by atoms with van der Waals surface area (Å²) in [5, 5.41) is 0. The van der Waals surface area contributed by atoms with Crippen LogP contribution in [0.2, 0.25) is 0 Å². The zero-order valence-electron chi connectivity index (χ0n) is 16.0. The fraction of sp³-hybridized carbons (Fsp3) is 0.600. The Morgan fingerprint density at radius 2 is 1.92 bits per heavy atom. The van der Waals surface area contributed by atoms with E-state index in [-0.39, 0.29) is 5.91 Å². The molecule has 0 saturated carbocycles. The van der Waals surface area contributed by atoms with Gasteiger partial charge in [-0.15, -0.1) is 0 Å². The molecule has 1 aromatic carbocycles. The molecule has 1 aliphatic heterocycles. The van der Waals surface area contributed by atoms with Gasteiger partial charge < -0.3 is 4.74 Å². The molecule has 138 valence electrons. The average Bonchev–Trinajstić information content (AvgIpc) is 2.59. The van der Waals surface area contributed by atoms with Gasteiger partial charge in [-0.2, -0.15) is 0 Å². The van der Waals surface area contributed by atoms with Gasteiger partial charge in [-0.05, 0) is 58.2 Å². The van der Waals surface area contributed by atoms with E-state index in [1.54, 1.807) is 11.8 Å². The quantitative estimate of drug-likeness (QED) is 0.769. The molecule has 1 amide bonds. The Morgan fingerprint density at radius 3 is 2.48 bits per heavy atom. The summed E-state index contributed by atoms with van der Waals surface area (Å²) in [5.74, 6) is -0.452. The molecule has 25 heavy (non-hydrogen) atoms. The molecule has 2 unspecified atom stereocenters. The van der Waals surface area contributed by atoms with E-state index in [0.29, 0.717) is 12.6 Å². The Balaban J connectivity index is 2.34. The van der Waals surface area contributed by atoms with Gasteiger partial charge >= 0.3 is 5.97 Å². The van der Waals surface area contributed by atoms with Gasteiger partial charge in [0, 0.05) is 6.04 Å². The highest BCUT2D eigenvalue weighted by molar-refractivity contribution is 6.01. The summed E-state index contributed by atoms with van der Waals surface area (Å²) in [7, 11) is 1.36. The molecule has 1 aromatic rings. The molecule has 5 nitrogen and oxygen atoms in total. The van der Waals surface area contributed by atoms with Crippen LogP contribution in [-0.4, -0.2) is 49.1 Å². The van der Waals surface area contributed by atoms with E-state index in [0.717, 1.165) is 36.2 Å². The summed E-state index contributed by atoms with van der Waals surface area (Å²) in [4.78, 5) is 29.2. The van der Waals surface area contributed by atoms with Crippen molar-refractivity contribution in [3.8, 4) is 0 Å². The van der Waals surface area contributed by atoms with Gasteiger partial charge in [0.25, 0.3) is 0 Å². The van der Waals surface area contributed by atoms with Crippen molar-refractivity contribution >= 4 is 17.6 Å². The maximum atomic E-state index is 13.2. The van der Waals surface area contributed by atoms with E-state index in [1.165, 1.54) is 13.5 Å². The Labute approximate surface area is 150 Å². The summed E-state index contributed by atoms with van der Waals surface area (Å²) in [5.41, 5.74) is 2.78. The number of benzene rings is 1. The van der Waals surface area contributed by atoms with Crippen LogP contribution in [-0.2, 0) is 14.3 Å². The lowest BCUT2D eigenvalue weighted by Gasteiger charge is -2.36. The van der Waals surface area contributed by atoms with Crippen molar-refractivity contribution in [2.24, 2.45) is 0 Å². The number of carbonyl (C=O) groups excluding carboxylic acids is 2. The highest BCUT2D eigenvalue weighted by atomic mass is 16.5. The SMILES string of the molecule is COC(=O)C(C)N(C(=O)CN1CCCCC1C)c1c(C)cccc1C. The fourth-order valence-corrected chi connectivity index (χ4v) is 3.64. The monoisotopic (exact) mass is 346 g/mol. The van der Waals surface area contributed by atoms with Crippen molar-refractivity contribution < 1.29 is 14.3 Å². The fourth-order valence-electron chi connectivity index (χ4n) is 3.64. The van der Waals surface area contributed by atoms with Gasteiger partial charge in [0.15, 0.2) is 0 Å². The number of carbonyl (C=O) groups is 2. The number of esters is 1. The number of anilines is 1. The third-order valence-corrected chi connectivity index (χ3v) is 5.16. The molecule has 2 rings (SSSR count). The summed E-state index contributed by atoms with van der Waals surface area (Å²) in [6.07, 6.45) is 3.45. The zero-order valence-corrected chi connectivity index (χ0v) is 16.0. The number of amides is 1. The molecule has 0 bridgehead atoms. The highest BCUT2D eigenvalue weighted by Gasteiger charge is 2.32. The van der Waals surface area contributed by atoms with Gasteiger partial charge in [0.05, 0.1) is 19.3 Å². The number of rotatable bonds is 5. The van der Waals surface area contributed by atoms with E-state index < -0.39 is 12.0 Å². The number of hydrogen-bond acceptors (Lipinski definition) is 4. The molecule has 0 radical (unpaired) electrons. The topological polar surface area (TPSA) is 49.9 Å². The smallest absolute Gasteiger partial charge is 0.328 e. The number of hydrogen-bond donors (Lipinski definition) is 0. The number of likely N-dealkylation sites (tertiary alicyclic amines) is 1. The number of para-hydroxylation sites is 1. The zero-order chi connectivity index (χ0) is 18.6. The van der Waals surface area contributed by atoms with Crippen molar-refractivity contribution in [3.05, 3.63) is 29.3 Å². The lowest BCUT2D eigenvalue weighted by Crippen LogP contribution is -2.51. The van der Waals surface area contributed by atoms with Crippen molar-refractivity contribution in [2.45, 2.75) is 59.0 Å². The van der Waals surface area contributed by atoms with Crippen molar-refractivity contribution in [2.75, 3.05) is 25.1 Å². The maximum Gasteiger partial charge on any atom is 0.328 e. The molecule has 0 N–H and O–H groups in total. The number of methoxy groups -OCH3 is 1. The van der Waals surface area contributed by atoms with Crippen LogP contribution in [0, 0.1) is 13.8 Å². The van der Waals surface area contributed by atoms with Gasteiger partial charge in [0.1, 0.15) is 6.04 Å². The van der Waals surface area contributed by atoms with Crippen molar-refractivity contribution in [3.63, 3.8) is 0 Å². The molecular weight excluding hydrogens is 316 g/mol. The van der Waals surface area contributed by atoms with Gasteiger partial charge in [-0.1, -0.05) is 24.6 Å². The van der Waals surface area contributed by atoms with Crippen LogP contribution < -0.4 is 4.90 Å². The third kappa shape index (κ3) is 4.40. The lowest BCUT2D eigenvalue weighted by atomic mass is 10.0. The van der Waals surface area contributed by atoms with Crippen LogP contribution >= 0.6 is 0 Å². The van der Waals surface area contributed by atoms with E-state index >= 15 is 0 Å². The molecular formula is C20H30N2O3. The molecule has 0 spiro atoms. The average molecular weight is 346 g/mol. The molecule has 1 heterocycles. The van der Waals surface area contributed by atoms with Crippen LogP contribution in [0.1, 0.15) is 44.2 Å². The van der Waals surface area contributed by atoms with E-state index in [4.69, 9.17) is 4.74 Å². The first kappa shape index (κ1) is 19.4. The van der Waals surface area contributed by atoms with Crippen molar-refractivity contribution in [1.82, 2.24) is 4.90 Å². The Hall–Kier alpha value is -1.88. The predicted octanol–water partition coefficient (Wildman–Crippen LogP) is 3.07. The summed E-state index contributed by atoms with van der Waals surface area (Å²) in [6.45, 7) is 9.09. The normalized spacial score (nSPS) is 19.3. The van der Waals surface area contributed by atoms with E-state index in [2.05, 4.69) is 11.8 Å². The summed E-state index contributed by atoms with van der Waals surface area (Å²) < 4.78 is 4.91. The molecule has 0 aliphatic carbocycles. The standard InChI is InChI=1S/C20H30N2O3/c1-14-9-8-10-15(2)19(14)22(17(4)20(24)25-5)18(23)13-21-12-7-6-11-16(21)3/h8-10,16-17H,6-7,11-13H2,1-5H3.